The van der Waals surface area contributed by atoms with Gasteiger partial charge in [-0.2, -0.15) is 4.31 Å². The summed E-state index contributed by atoms with van der Waals surface area (Å²) in [4.78, 5) is 24.8. The van der Waals surface area contributed by atoms with Gasteiger partial charge in [-0.3, -0.25) is 9.59 Å². The molecule has 0 aliphatic heterocycles. The zero-order valence-electron chi connectivity index (χ0n) is 19.2. The van der Waals surface area contributed by atoms with Gasteiger partial charge in [0, 0.05) is 12.1 Å². The Morgan fingerprint density at radius 3 is 2.18 bits per heavy atom. The fourth-order valence-electron chi connectivity index (χ4n) is 6.91. The van der Waals surface area contributed by atoms with Gasteiger partial charge < -0.3 is 11.1 Å². The Morgan fingerprint density at radius 1 is 1.15 bits per heavy atom. The number of sulfonamides is 1. The van der Waals surface area contributed by atoms with Crippen LogP contribution in [0.4, 0.5) is 8.78 Å². The molecule has 5 rings (SSSR count). The van der Waals surface area contributed by atoms with Gasteiger partial charge in [0.25, 0.3) is 0 Å². The third-order valence-electron chi connectivity index (χ3n) is 7.90. The smallest absolute Gasteiger partial charge is 0.249 e. The van der Waals surface area contributed by atoms with Crippen LogP contribution < -0.4 is 11.1 Å². The first-order chi connectivity index (χ1) is 15.3. The lowest BCUT2D eigenvalue weighted by Crippen LogP contribution is -2.69. The lowest BCUT2D eigenvalue weighted by molar-refractivity contribution is -0.152. The number of primary amides is 1. The van der Waals surface area contributed by atoms with Gasteiger partial charge in [-0.1, -0.05) is 13.0 Å². The molecule has 0 saturated heterocycles. The molecule has 0 heterocycles. The number of hydrogen-bond donors (Lipinski definition) is 2. The highest BCUT2D eigenvalue weighted by Crippen LogP contribution is 2.61. The monoisotopic (exact) mass is 483 g/mol. The molecule has 2 unspecified atom stereocenters. The number of rotatable bonds is 7. The Labute approximate surface area is 193 Å². The second kappa shape index (κ2) is 7.73. The van der Waals surface area contributed by atoms with E-state index >= 15 is 0 Å². The average molecular weight is 484 g/mol. The number of carbonyl (C=O) groups excluding carboxylic acids is 2. The van der Waals surface area contributed by atoms with E-state index in [1.54, 1.807) is 0 Å². The summed E-state index contributed by atoms with van der Waals surface area (Å²) in [5.41, 5.74) is 2.86. The number of amides is 2. The fraction of sp³-hybridized carbons (Fsp3) is 0.652. The van der Waals surface area contributed by atoms with Crippen molar-refractivity contribution in [3.8, 4) is 0 Å². The van der Waals surface area contributed by atoms with Crippen molar-refractivity contribution >= 4 is 21.8 Å². The van der Waals surface area contributed by atoms with Crippen molar-refractivity contribution in [1.82, 2.24) is 9.62 Å². The van der Waals surface area contributed by atoms with Crippen LogP contribution in [-0.4, -0.2) is 42.2 Å². The van der Waals surface area contributed by atoms with Crippen LogP contribution in [0, 0.1) is 28.9 Å². The molecular formula is C23H31F2N3O4S. The summed E-state index contributed by atoms with van der Waals surface area (Å²) in [5.74, 6) is -2.78. The highest BCUT2D eigenvalue weighted by Gasteiger charge is 2.61. The third-order valence-corrected chi connectivity index (χ3v) is 10.1. The first-order valence-corrected chi connectivity index (χ1v) is 12.8. The van der Waals surface area contributed by atoms with E-state index in [2.05, 4.69) is 5.32 Å². The second-order valence-corrected chi connectivity index (χ2v) is 12.4. The molecule has 2 atom stereocenters. The lowest BCUT2D eigenvalue weighted by Gasteiger charge is -2.61. The summed E-state index contributed by atoms with van der Waals surface area (Å²) < 4.78 is 56.0. The van der Waals surface area contributed by atoms with Crippen LogP contribution in [0.2, 0.25) is 0 Å². The summed E-state index contributed by atoms with van der Waals surface area (Å²) in [5, 5.41) is 3.07. The van der Waals surface area contributed by atoms with E-state index in [0.717, 1.165) is 41.8 Å². The Kier molecular flexibility index (Phi) is 5.64. The first-order valence-electron chi connectivity index (χ1n) is 11.4. The average Bonchev–Trinajstić information content (AvgIpc) is 2.66. The number of hydrogen-bond acceptors (Lipinski definition) is 4. The van der Waals surface area contributed by atoms with Crippen molar-refractivity contribution in [3.63, 3.8) is 0 Å². The zero-order valence-corrected chi connectivity index (χ0v) is 20.0. The third kappa shape index (κ3) is 3.75. The molecule has 1 aromatic rings. The molecule has 3 N–H and O–H groups in total. The molecule has 33 heavy (non-hydrogen) atoms. The van der Waals surface area contributed by atoms with Crippen LogP contribution in [0.3, 0.4) is 0 Å². The molecule has 182 valence electrons. The van der Waals surface area contributed by atoms with E-state index in [0.29, 0.717) is 19.3 Å². The molecule has 2 amide bonds. The van der Waals surface area contributed by atoms with Crippen LogP contribution >= 0.6 is 0 Å². The van der Waals surface area contributed by atoms with Gasteiger partial charge in [0.2, 0.25) is 21.8 Å². The van der Waals surface area contributed by atoms with Gasteiger partial charge in [-0.25, -0.2) is 17.2 Å². The summed E-state index contributed by atoms with van der Waals surface area (Å²) in [7, 11) is -4.66. The van der Waals surface area contributed by atoms with E-state index in [1.807, 2.05) is 0 Å². The first kappa shape index (κ1) is 24.1. The number of nitrogens with two attached hydrogens (primary N) is 1. The minimum Gasteiger partial charge on any atom is -0.369 e. The predicted molar refractivity (Wildman–Crippen MR) is 117 cm³/mol. The SMILES string of the molecule is CCN(C(C)(C)C(=O)NC12CC3CC(C1)CC(C(N)=O)(C3)C2)S(=O)(=O)c1c(F)cccc1F. The Morgan fingerprint density at radius 2 is 1.70 bits per heavy atom. The molecule has 1 aromatic carbocycles. The molecule has 4 fully saturated rings. The quantitative estimate of drug-likeness (QED) is 0.621. The molecule has 4 aliphatic rings. The fourth-order valence-corrected chi connectivity index (χ4v) is 8.78. The number of benzene rings is 1. The molecule has 4 bridgehead atoms. The van der Waals surface area contributed by atoms with Crippen LogP contribution in [0.5, 0.6) is 0 Å². The molecular weight excluding hydrogens is 452 g/mol. The Hall–Kier alpha value is -2.07. The van der Waals surface area contributed by atoms with Crippen molar-refractivity contribution in [3.05, 3.63) is 29.8 Å². The Bertz CT molecular complexity index is 1070. The molecule has 0 spiro atoms. The number of nitrogens with one attached hydrogen (secondary N) is 1. The number of halogens is 2. The number of nitrogens with zero attached hydrogens (tertiary/aromatic N) is 1. The molecule has 10 heteroatoms. The van der Waals surface area contributed by atoms with Crippen molar-refractivity contribution < 1.29 is 26.8 Å². The van der Waals surface area contributed by atoms with Gasteiger partial charge in [0.1, 0.15) is 17.2 Å². The minimum atomic E-state index is -4.66. The molecule has 4 aliphatic carbocycles. The molecule has 0 aromatic heterocycles. The summed E-state index contributed by atoms with van der Waals surface area (Å²) in [6.45, 7) is 4.19. The van der Waals surface area contributed by atoms with Crippen LogP contribution in [0.25, 0.3) is 0 Å². The van der Waals surface area contributed by atoms with Crippen molar-refractivity contribution in [2.75, 3.05) is 6.54 Å². The van der Waals surface area contributed by atoms with Gasteiger partial charge in [0.05, 0.1) is 5.41 Å². The molecule has 4 saturated carbocycles. The van der Waals surface area contributed by atoms with Crippen LogP contribution in [-0.2, 0) is 19.6 Å². The number of likely N-dealkylation sites (N-methyl/N-ethyl adjacent to an activating group) is 1. The van der Waals surface area contributed by atoms with E-state index < -0.39 is 49.0 Å². The summed E-state index contributed by atoms with van der Waals surface area (Å²) in [6.07, 6.45) is 4.30. The van der Waals surface area contributed by atoms with Gasteiger partial charge in [-0.05, 0) is 76.3 Å². The maximum Gasteiger partial charge on any atom is 0.249 e. The van der Waals surface area contributed by atoms with Gasteiger partial charge in [-0.15, -0.1) is 0 Å². The lowest BCUT2D eigenvalue weighted by atomic mass is 9.46. The maximum atomic E-state index is 14.3. The number of carbonyl (C=O) groups is 2. The minimum absolute atomic E-state index is 0.167. The van der Waals surface area contributed by atoms with E-state index in [4.69, 9.17) is 5.73 Å². The standard InChI is InChI=1S/C23H31F2N3O4S/c1-4-28(33(31,32)18-16(24)6-5-7-17(18)25)21(2,3)20(30)27-23-11-14-8-15(12-23)10-22(9-14,13-23)19(26)29/h5-7,14-15H,4,8-13H2,1-3H3,(H2,26,29)(H,27,30). The maximum absolute atomic E-state index is 14.3. The molecule has 0 radical (unpaired) electrons. The second-order valence-electron chi connectivity index (χ2n) is 10.6. The van der Waals surface area contributed by atoms with Crippen molar-refractivity contribution in [1.29, 1.82) is 0 Å². The predicted octanol–water partition coefficient (Wildman–Crippen LogP) is 2.69. The largest absolute Gasteiger partial charge is 0.369 e. The highest BCUT2D eigenvalue weighted by atomic mass is 32.2. The normalized spacial score (nSPS) is 31.1. The topological polar surface area (TPSA) is 110 Å². The summed E-state index contributed by atoms with van der Waals surface area (Å²) >= 11 is 0. The van der Waals surface area contributed by atoms with Crippen LogP contribution in [0.15, 0.2) is 23.1 Å². The van der Waals surface area contributed by atoms with Crippen molar-refractivity contribution in [2.24, 2.45) is 23.0 Å². The van der Waals surface area contributed by atoms with Gasteiger partial charge >= 0.3 is 0 Å². The molecule has 7 nitrogen and oxygen atoms in total. The zero-order chi connectivity index (χ0) is 24.4. The van der Waals surface area contributed by atoms with Gasteiger partial charge in [0.15, 0.2) is 4.90 Å². The Balaban J connectivity index is 1.64. The van der Waals surface area contributed by atoms with E-state index in [-0.39, 0.29) is 24.3 Å². The highest BCUT2D eigenvalue weighted by molar-refractivity contribution is 7.89. The van der Waals surface area contributed by atoms with Crippen molar-refractivity contribution in [2.45, 2.75) is 75.3 Å². The van der Waals surface area contributed by atoms with Crippen LogP contribution in [0.1, 0.15) is 59.3 Å². The summed E-state index contributed by atoms with van der Waals surface area (Å²) in [6, 6.07) is 2.82. The van der Waals surface area contributed by atoms with E-state index in [9.17, 15) is 26.8 Å². The van der Waals surface area contributed by atoms with E-state index in [1.165, 1.54) is 20.8 Å².